The standard InChI is InChI=1S/C11H15NO2/c1-7-8(2)10(13)4-3-9(7)11(14)5-6-12/h3-4,13H,5-6,12H2,1-2H3. The highest BCUT2D eigenvalue weighted by Gasteiger charge is 2.11. The predicted octanol–water partition coefficient (Wildman–Crippen LogP) is 1.54. The number of carbonyl (C=O) groups excluding carboxylic acids is 1. The van der Waals surface area contributed by atoms with Crippen molar-refractivity contribution in [1.29, 1.82) is 0 Å². The first-order valence-corrected chi connectivity index (χ1v) is 4.60. The van der Waals surface area contributed by atoms with Crippen LogP contribution in [0.2, 0.25) is 0 Å². The lowest BCUT2D eigenvalue weighted by Gasteiger charge is -2.08. The van der Waals surface area contributed by atoms with Crippen LogP contribution in [0.3, 0.4) is 0 Å². The van der Waals surface area contributed by atoms with Gasteiger partial charge in [0.2, 0.25) is 0 Å². The predicted molar refractivity (Wildman–Crippen MR) is 55.6 cm³/mol. The van der Waals surface area contributed by atoms with E-state index in [1.54, 1.807) is 19.1 Å². The van der Waals surface area contributed by atoms with E-state index < -0.39 is 0 Å². The average Bonchev–Trinajstić information content (AvgIpc) is 2.15. The molecule has 1 aromatic carbocycles. The molecule has 0 radical (unpaired) electrons. The Balaban J connectivity index is 3.11. The summed E-state index contributed by atoms with van der Waals surface area (Å²) in [5.74, 6) is 0.264. The highest BCUT2D eigenvalue weighted by Crippen LogP contribution is 2.23. The Morgan fingerprint density at radius 1 is 1.36 bits per heavy atom. The molecule has 0 aliphatic heterocycles. The quantitative estimate of drug-likeness (QED) is 0.716. The zero-order valence-electron chi connectivity index (χ0n) is 8.50. The fraction of sp³-hybridized carbons (Fsp3) is 0.364. The van der Waals surface area contributed by atoms with E-state index in [2.05, 4.69) is 0 Å². The van der Waals surface area contributed by atoms with Crippen molar-refractivity contribution in [3.05, 3.63) is 28.8 Å². The van der Waals surface area contributed by atoms with E-state index in [4.69, 9.17) is 5.73 Å². The maximum atomic E-state index is 11.6. The molecule has 3 heteroatoms. The fourth-order valence-corrected chi connectivity index (χ4v) is 1.37. The monoisotopic (exact) mass is 193 g/mol. The lowest BCUT2D eigenvalue weighted by molar-refractivity contribution is 0.0985. The Bertz CT molecular complexity index is 359. The number of rotatable bonds is 3. The van der Waals surface area contributed by atoms with Gasteiger partial charge in [-0.2, -0.15) is 0 Å². The van der Waals surface area contributed by atoms with Gasteiger partial charge in [-0.05, 0) is 43.7 Å². The summed E-state index contributed by atoms with van der Waals surface area (Å²) >= 11 is 0. The van der Waals surface area contributed by atoms with Crippen molar-refractivity contribution in [2.24, 2.45) is 5.73 Å². The topological polar surface area (TPSA) is 63.3 Å². The number of Topliss-reactive ketones (excluding diaryl/α,β-unsaturated/α-hetero) is 1. The third kappa shape index (κ3) is 1.93. The van der Waals surface area contributed by atoms with Crippen LogP contribution in [0, 0.1) is 13.8 Å². The van der Waals surface area contributed by atoms with Crippen LogP contribution in [0.4, 0.5) is 0 Å². The van der Waals surface area contributed by atoms with Gasteiger partial charge in [0.1, 0.15) is 5.75 Å². The minimum absolute atomic E-state index is 0.0353. The van der Waals surface area contributed by atoms with Crippen LogP contribution in [0.15, 0.2) is 12.1 Å². The van der Waals surface area contributed by atoms with E-state index in [-0.39, 0.29) is 11.5 Å². The third-order valence-electron chi connectivity index (χ3n) is 2.43. The van der Waals surface area contributed by atoms with Crippen LogP contribution in [-0.2, 0) is 0 Å². The van der Waals surface area contributed by atoms with Crippen LogP contribution in [-0.4, -0.2) is 17.4 Å². The van der Waals surface area contributed by atoms with Gasteiger partial charge in [-0.25, -0.2) is 0 Å². The molecule has 0 bridgehead atoms. The summed E-state index contributed by atoms with van der Waals surface area (Å²) in [5.41, 5.74) is 7.57. The lowest BCUT2D eigenvalue weighted by atomic mass is 9.98. The molecule has 0 aliphatic carbocycles. The normalized spacial score (nSPS) is 10.2. The van der Waals surface area contributed by atoms with Crippen LogP contribution in [0.1, 0.15) is 27.9 Å². The number of aromatic hydroxyl groups is 1. The van der Waals surface area contributed by atoms with Crippen molar-refractivity contribution in [3.63, 3.8) is 0 Å². The summed E-state index contributed by atoms with van der Waals surface area (Å²) in [4.78, 5) is 11.6. The molecule has 14 heavy (non-hydrogen) atoms. The summed E-state index contributed by atoms with van der Waals surface area (Å²) in [6, 6.07) is 3.20. The molecular weight excluding hydrogens is 178 g/mol. The number of hydrogen-bond acceptors (Lipinski definition) is 3. The van der Waals surface area contributed by atoms with Crippen LogP contribution >= 0.6 is 0 Å². The van der Waals surface area contributed by atoms with Gasteiger partial charge < -0.3 is 10.8 Å². The van der Waals surface area contributed by atoms with Crippen molar-refractivity contribution < 1.29 is 9.90 Å². The number of phenols is 1. The van der Waals surface area contributed by atoms with E-state index in [9.17, 15) is 9.90 Å². The third-order valence-corrected chi connectivity index (χ3v) is 2.43. The Morgan fingerprint density at radius 2 is 2.00 bits per heavy atom. The minimum atomic E-state index is 0.0353. The summed E-state index contributed by atoms with van der Waals surface area (Å²) in [5, 5.41) is 9.40. The number of hydrogen-bond donors (Lipinski definition) is 2. The van der Waals surface area contributed by atoms with E-state index in [0.29, 0.717) is 18.5 Å². The Morgan fingerprint density at radius 3 is 2.57 bits per heavy atom. The first kappa shape index (κ1) is 10.7. The number of ketones is 1. The molecule has 0 amide bonds. The van der Waals surface area contributed by atoms with Crippen molar-refractivity contribution in [2.75, 3.05) is 6.54 Å². The molecule has 0 heterocycles. The van der Waals surface area contributed by atoms with E-state index in [1.165, 1.54) is 0 Å². The zero-order chi connectivity index (χ0) is 10.7. The molecule has 3 nitrogen and oxygen atoms in total. The average molecular weight is 193 g/mol. The van der Waals surface area contributed by atoms with E-state index in [1.807, 2.05) is 6.92 Å². The summed E-state index contributed by atoms with van der Waals surface area (Å²) in [6.45, 7) is 3.99. The summed E-state index contributed by atoms with van der Waals surface area (Å²) < 4.78 is 0. The fourth-order valence-electron chi connectivity index (χ4n) is 1.37. The second-order valence-corrected chi connectivity index (χ2v) is 3.34. The molecule has 0 aromatic heterocycles. The molecule has 0 fully saturated rings. The molecular formula is C11H15NO2. The van der Waals surface area contributed by atoms with Gasteiger partial charge in [-0.15, -0.1) is 0 Å². The molecule has 0 atom stereocenters. The van der Waals surface area contributed by atoms with Gasteiger partial charge in [0.15, 0.2) is 5.78 Å². The van der Waals surface area contributed by atoms with Crippen molar-refractivity contribution in [3.8, 4) is 5.75 Å². The summed E-state index contributed by atoms with van der Waals surface area (Å²) in [7, 11) is 0. The SMILES string of the molecule is Cc1c(O)ccc(C(=O)CCN)c1C. The second-order valence-electron chi connectivity index (χ2n) is 3.34. The maximum absolute atomic E-state index is 11.6. The van der Waals surface area contributed by atoms with Gasteiger partial charge in [-0.1, -0.05) is 0 Å². The number of benzene rings is 1. The Kier molecular flexibility index (Phi) is 3.25. The molecule has 1 rings (SSSR count). The van der Waals surface area contributed by atoms with Crippen molar-refractivity contribution >= 4 is 5.78 Å². The zero-order valence-corrected chi connectivity index (χ0v) is 8.50. The van der Waals surface area contributed by atoms with Crippen molar-refractivity contribution in [1.82, 2.24) is 0 Å². The molecule has 0 unspecified atom stereocenters. The molecule has 0 spiro atoms. The van der Waals surface area contributed by atoms with Gasteiger partial charge in [0.25, 0.3) is 0 Å². The van der Waals surface area contributed by atoms with Gasteiger partial charge >= 0.3 is 0 Å². The first-order chi connectivity index (χ1) is 6.57. The van der Waals surface area contributed by atoms with Crippen LogP contribution < -0.4 is 5.73 Å². The summed E-state index contributed by atoms with van der Waals surface area (Å²) in [6.07, 6.45) is 0.352. The minimum Gasteiger partial charge on any atom is -0.508 e. The first-order valence-electron chi connectivity index (χ1n) is 4.60. The molecule has 76 valence electrons. The van der Waals surface area contributed by atoms with E-state index >= 15 is 0 Å². The Labute approximate surface area is 83.6 Å². The van der Waals surface area contributed by atoms with Gasteiger partial charge in [-0.3, -0.25) is 4.79 Å². The molecule has 0 saturated carbocycles. The van der Waals surface area contributed by atoms with Crippen LogP contribution in [0.5, 0.6) is 5.75 Å². The van der Waals surface area contributed by atoms with E-state index in [0.717, 1.165) is 11.1 Å². The molecule has 3 N–H and O–H groups in total. The van der Waals surface area contributed by atoms with Gasteiger partial charge in [0.05, 0.1) is 0 Å². The number of carbonyl (C=O) groups is 1. The van der Waals surface area contributed by atoms with Gasteiger partial charge in [0, 0.05) is 12.0 Å². The molecule has 0 saturated heterocycles. The number of phenolic OH excluding ortho intramolecular Hbond substituents is 1. The Hall–Kier alpha value is -1.35. The largest absolute Gasteiger partial charge is 0.508 e. The molecule has 1 aromatic rings. The highest BCUT2D eigenvalue weighted by molar-refractivity contribution is 5.98. The highest BCUT2D eigenvalue weighted by atomic mass is 16.3. The van der Waals surface area contributed by atoms with Crippen molar-refractivity contribution in [2.45, 2.75) is 20.3 Å². The molecule has 0 aliphatic rings. The second kappa shape index (κ2) is 4.24. The lowest BCUT2D eigenvalue weighted by Crippen LogP contribution is -2.09. The van der Waals surface area contributed by atoms with Crippen LogP contribution in [0.25, 0.3) is 0 Å². The smallest absolute Gasteiger partial charge is 0.164 e. The number of nitrogens with two attached hydrogens (primary N) is 1. The maximum Gasteiger partial charge on any atom is 0.164 e.